The number of rotatable bonds is 3. The summed E-state index contributed by atoms with van der Waals surface area (Å²) in [4.78, 5) is 4.20. The second-order valence-corrected chi connectivity index (χ2v) is 8.04. The first kappa shape index (κ1) is 16.6. The Morgan fingerprint density at radius 3 is 2.42 bits per heavy atom. The highest BCUT2D eigenvalue weighted by atomic mass is 32.2. The van der Waals surface area contributed by atoms with E-state index in [0.717, 1.165) is 10.2 Å². The molecule has 0 amide bonds. The van der Waals surface area contributed by atoms with E-state index < -0.39 is 10.0 Å². The predicted octanol–water partition coefficient (Wildman–Crippen LogP) is 4.22. The van der Waals surface area contributed by atoms with Crippen LogP contribution in [0.4, 0.5) is 10.8 Å². The van der Waals surface area contributed by atoms with Crippen molar-refractivity contribution in [2.75, 3.05) is 0 Å². The van der Waals surface area contributed by atoms with Crippen molar-refractivity contribution in [1.29, 1.82) is 0 Å². The van der Waals surface area contributed by atoms with Crippen LogP contribution in [-0.4, -0.2) is 18.5 Å². The van der Waals surface area contributed by atoms with Crippen LogP contribution in [-0.2, 0) is 10.0 Å². The summed E-state index contributed by atoms with van der Waals surface area (Å²) in [6, 6.07) is 15.3. The molecule has 26 heavy (non-hydrogen) atoms. The van der Waals surface area contributed by atoms with Gasteiger partial charge in [-0.1, -0.05) is 47.7 Å². The van der Waals surface area contributed by atoms with E-state index in [1.807, 2.05) is 24.3 Å². The second kappa shape index (κ2) is 6.13. The number of fused-ring (bicyclic) bond motifs is 2. The Balaban J connectivity index is 1.87. The number of nitrogens with zero attached hydrogens (tertiary/aromatic N) is 3. The third kappa shape index (κ3) is 2.92. The average Bonchev–Trinajstić information content (AvgIpc) is 3.03. The lowest BCUT2D eigenvalue weighted by Crippen LogP contribution is -2.12. The van der Waals surface area contributed by atoms with Gasteiger partial charge < -0.3 is 5.11 Å². The number of aromatic hydroxyl groups is 1. The Hall–Kier alpha value is -2.88. The molecule has 130 valence electrons. The van der Waals surface area contributed by atoms with E-state index in [1.54, 1.807) is 24.3 Å². The Morgan fingerprint density at radius 1 is 1.00 bits per heavy atom. The molecule has 4 rings (SSSR count). The van der Waals surface area contributed by atoms with Crippen molar-refractivity contribution in [3.05, 3.63) is 54.6 Å². The largest absolute Gasteiger partial charge is 0.505 e. The third-order valence-electron chi connectivity index (χ3n) is 3.79. The quantitative estimate of drug-likeness (QED) is 0.514. The molecule has 0 aliphatic carbocycles. The number of para-hydroxylation sites is 1. The number of azo groups is 1. The van der Waals surface area contributed by atoms with Gasteiger partial charge in [-0.15, -0.1) is 10.2 Å². The highest BCUT2D eigenvalue weighted by molar-refractivity contribution is 7.89. The van der Waals surface area contributed by atoms with Crippen molar-refractivity contribution in [3.63, 3.8) is 0 Å². The van der Waals surface area contributed by atoms with Gasteiger partial charge in [0.15, 0.2) is 5.75 Å². The van der Waals surface area contributed by atoms with E-state index in [4.69, 9.17) is 5.14 Å². The zero-order valence-corrected chi connectivity index (χ0v) is 14.8. The number of phenols is 1. The van der Waals surface area contributed by atoms with Crippen molar-refractivity contribution in [2.24, 2.45) is 15.4 Å². The molecule has 0 fully saturated rings. The van der Waals surface area contributed by atoms with Crippen LogP contribution in [0, 0.1) is 0 Å². The van der Waals surface area contributed by atoms with Crippen LogP contribution in [0.1, 0.15) is 0 Å². The van der Waals surface area contributed by atoms with Crippen LogP contribution in [0.15, 0.2) is 69.7 Å². The van der Waals surface area contributed by atoms with E-state index in [-0.39, 0.29) is 16.3 Å². The third-order valence-corrected chi connectivity index (χ3v) is 5.66. The van der Waals surface area contributed by atoms with Crippen LogP contribution < -0.4 is 5.14 Å². The minimum Gasteiger partial charge on any atom is -0.505 e. The fourth-order valence-electron chi connectivity index (χ4n) is 2.62. The number of benzene rings is 3. The minimum atomic E-state index is -4.00. The van der Waals surface area contributed by atoms with Gasteiger partial charge in [-0.2, -0.15) is 0 Å². The first-order valence-electron chi connectivity index (χ1n) is 7.48. The molecule has 3 aromatic carbocycles. The Morgan fingerprint density at radius 2 is 1.69 bits per heavy atom. The number of sulfonamides is 1. The highest BCUT2D eigenvalue weighted by Crippen LogP contribution is 2.39. The van der Waals surface area contributed by atoms with Crippen molar-refractivity contribution in [1.82, 2.24) is 4.98 Å². The summed E-state index contributed by atoms with van der Waals surface area (Å²) in [5, 5.41) is 24.9. The molecule has 0 unspecified atom stereocenters. The SMILES string of the molecule is NS(=O)(=O)c1cc(N=Nc2nc3ccccc3s2)c(O)c2ccccc12. The number of aromatic nitrogens is 1. The fourth-order valence-corrected chi connectivity index (χ4v) is 4.17. The van der Waals surface area contributed by atoms with Gasteiger partial charge in [-0.3, -0.25) is 0 Å². The number of thiazole rings is 1. The lowest BCUT2D eigenvalue weighted by molar-refractivity contribution is 0.482. The normalized spacial score (nSPS) is 12.3. The first-order valence-corrected chi connectivity index (χ1v) is 9.84. The van der Waals surface area contributed by atoms with Gasteiger partial charge in [-0.05, 0) is 18.2 Å². The molecule has 0 atom stereocenters. The Kier molecular flexibility index (Phi) is 3.91. The van der Waals surface area contributed by atoms with Crippen molar-refractivity contribution in [3.8, 4) is 5.75 Å². The van der Waals surface area contributed by atoms with E-state index in [0.29, 0.717) is 15.9 Å². The number of hydrogen-bond donors (Lipinski definition) is 2. The summed E-state index contributed by atoms with van der Waals surface area (Å²) in [7, 11) is -4.00. The van der Waals surface area contributed by atoms with Gasteiger partial charge in [0.05, 0.1) is 15.1 Å². The van der Waals surface area contributed by atoms with Gasteiger partial charge in [0.25, 0.3) is 0 Å². The maximum absolute atomic E-state index is 11.9. The van der Waals surface area contributed by atoms with Crippen molar-refractivity contribution < 1.29 is 13.5 Å². The first-order chi connectivity index (χ1) is 12.4. The molecule has 9 heteroatoms. The molecule has 0 aliphatic rings. The maximum Gasteiger partial charge on any atom is 0.238 e. The molecular formula is C17H12N4O3S2. The van der Waals surface area contributed by atoms with Crippen molar-refractivity contribution in [2.45, 2.75) is 4.90 Å². The summed E-state index contributed by atoms with van der Waals surface area (Å²) >= 11 is 1.34. The van der Waals surface area contributed by atoms with Gasteiger partial charge >= 0.3 is 0 Å². The van der Waals surface area contributed by atoms with E-state index in [2.05, 4.69) is 15.2 Å². The van der Waals surface area contributed by atoms with Crippen LogP contribution >= 0.6 is 11.3 Å². The van der Waals surface area contributed by atoms with E-state index in [9.17, 15) is 13.5 Å². The van der Waals surface area contributed by atoms with Crippen LogP contribution in [0.5, 0.6) is 5.75 Å². The number of primary sulfonamides is 1. The number of nitrogens with two attached hydrogens (primary N) is 1. The topological polar surface area (TPSA) is 118 Å². The molecule has 0 aliphatic heterocycles. The summed E-state index contributed by atoms with van der Waals surface area (Å²) in [6.07, 6.45) is 0. The lowest BCUT2D eigenvalue weighted by atomic mass is 10.1. The molecule has 3 N–H and O–H groups in total. The maximum atomic E-state index is 11.9. The molecule has 1 aromatic heterocycles. The van der Waals surface area contributed by atoms with E-state index in [1.165, 1.54) is 17.4 Å². The molecular weight excluding hydrogens is 372 g/mol. The highest BCUT2D eigenvalue weighted by Gasteiger charge is 2.18. The van der Waals surface area contributed by atoms with Crippen LogP contribution in [0.3, 0.4) is 0 Å². The molecule has 0 bridgehead atoms. The van der Waals surface area contributed by atoms with Crippen molar-refractivity contribution >= 4 is 53.2 Å². The zero-order chi connectivity index (χ0) is 18.3. The van der Waals surface area contributed by atoms with Gasteiger partial charge in [0.1, 0.15) is 5.69 Å². The summed E-state index contributed by atoms with van der Waals surface area (Å²) in [5.41, 5.74) is 0.798. The molecule has 0 spiro atoms. The zero-order valence-electron chi connectivity index (χ0n) is 13.2. The predicted molar refractivity (Wildman–Crippen MR) is 101 cm³/mol. The molecule has 1 heterocycles. The van der Waals surface area contributed by atoms with Gasteiger partial charge in [0.2, 0.25) is 15.2 Å². The van der Waals surface area contributed by atoms with Gasteiger partial charge in [-0.25, -0.2) is 18.5 Å². The summed E-state index contributed by atoms with van der Waals surface area (Å²) in [6.45, 7) is 0. The van der Waals surface area contributed by atoms with Crippen LogP contribution in [0.25, 0.3) is 21.0 Å². The molecule has 7 nitrogen and oxygen atoms in total. The fraction of sp³-hybridized carbons (Fsp3) is 0. The Labute approximate surface area is 152 Å². The van der Waals surface area contributed by atoms with Gasteiger partial charge in [0, 0.05) is 10.8 Å². The Bertz CT molecular complexity index is 1250. The molecule has 4 aromatic rings. The average molecular weight is 384 g/mol. The summed E-state index contributed by atoms with van der Waals surface area (Å²) in [5.74, 6) is -0.169. The lowest BCUT2D eigenvalue weighted by Gasteiger charge is -2.08. The number of phenolic OH excluding ortho intramolecular Hbond substituents is 1. The smallest absolute Gasteiger partial charge is 0.238 e. The summed E-state index contributed by atoms with van der Waals surface area (Å²) < 4.78 is 24.8. The van der Waals surface area contributed by atoms with E-state index >= 15 is 0 Å². The molecule has 0 saturated carbocycles. The van der Waals surface area contributed by atoms with Crippen LogP contribution in [0.2, 0.25) is 0 Å². The minimum absolute atomic E-state index is 0.00646. The molecule has 0 radical (unpaired) electrons. The number of hydrogen-bond acceptors (Lipinski definition) is 7. The molecule has 0 saturated heterocycles. The monoisotopic (exact) mass is 384 g/mol. The second-order valence-electron chi connectivity index (χ2n) is 5.50. The standard InChI is InChI=1S/C17H12N4O3S2/c18-26(23,24)15-9-13(16(22)11-6-2-1-5-10(11)15)20-21-17-19-12-7-3-4-8-14(12)25-17/h1-9,22H,(H2,18,23,24).